The standard InChI is InChI=1S/C19H23NO4/c1-2-13-10-19(22)24-17-11-15(8-9-16(13)17)23-12-18(21)20-14-6-4-3-5-7-14/h8-11,14H,2-7,12H2,1H3,(H,20,21). The van der Waals surface area contributed by atoms with Gasteiger partial charge in [0.15, 0.2) is 6.61 Å². The van der Waals surface area contributed by atoms with Crippen molar-refractivity contribution in [1.29, 1.82) is 0 Å². The lowest BCUT2D eigenvalue weighted by atomic mass is 9.95. The van der Waals surface area contributed by atoms with E-state index in [0.29, 0.717) is 11.3 Å². The molecule has 2 aromatic rings. The van der Waals surface area contributed by atoms with Crippen molar-refractivity contribution < 1.29 is 13.9 Å². The monoisotopic (exact) mass is 329 g/mol. The fourth-order valence-electron chi connectivity index (χ4n) is 3.26. The molecule has 0 bridgehead atoms. The van der Waals surface area contributed by atoms with E-state index in [1.165, 1.54) is 25.3 Å². The van der Waals surface area contributed by atoms with E-state index in [0.717, 1.165) is 30.2 Å². The van der Waals surface area contributed by atoms with Gasteiger partial charge in [-0.05, 0) is 37.0 Å². The lowest BCUT2D eigenvalue weighted by molar-refractivity contribution is -0.124. The summed E-state index contributed by atoms with van der Waals surface area (Å²) in [7, 11) is 0. The van der Waals surface area contributed by atoms with E-state index in [-0.39, 0.29) is 24.2 Å². The molecule has 1 aromatic carbocycles. The first kappa shape index (κ1) is 16.6. The van der Waals surface area contributed by atoms with Crippen LogP contribution in [0.5, 0.6) is 5.75 Å². The van der Waals surface area contributed by atoms with Crippen LogP contribution in [0.4, 0.5) is 0 Å². The van der Waals surface area contributed by atoms with E-state index in [2.05, 4.69) is 5.32 Å². The van der Waals surface area contributed by atoms with E-state index in [9.17, 15) is 9.59 Å². The molecule has 1 amide bonds. The van der Waals surface area contributed by atoms with Crippen molar-refractivity contribution >= 4 is 16.9 Å². The summed E-state index contributed by atoms with van der Waals surface area (Å²) in [6, 6.07) is 7.13. The zero-order valence-corrected chi connectivity index (χ0v) is 14.0. The smallest absolute Gasteiger partial charge is 0.336 e. The van der Waals surface area contributed by atoms with E-state index < -0.39 is 0 Å². The molecular weight excluding hydrogens is 306 g/mol. The van der Waals surface area contributed by atoms with Gasteiger partial charge in [0.1, 0.15) is 11.3 Å². The number of nitrogens with one attached hydrogen (secondary N) is 1. The Morgan fingerprint density at radius 2 is 2.04 bits per heavy atom. The van der Waals surface area contributed by atoms with Gasteiger partial charge in [0.25, 0.3) is 5.91 Å². The summed E-state index contributed by atoms with van der Waals surface area (Å²) in [4.78, 5) is 23.6. The van der Waals surface area contributed by atoms with Crippen LogP contribution < -0.4 is 15.7 Å². The van der Waals surface area contributed by atoms with Crippen LogP contribution in [0, 0.1) is 0 Å². The third-order valence-electron chi connectivity index (χ3n) is 4.52. The first-order chi connectivity index (χ1) is 11.7. The number of hydrogen-bond acceptors (Lipinski definition) is 4. The van der Waals surface area contributed by atoms with Crippen LogP contribution >= 0.6 is 0 Å². The predicted octanol–water partition coefficient (Wildman–Crippen LogP) is 3.18. The van der Waals surface area contributed by atoms with Gasteiger partial charge in [-0.2, -0.15) is 0 Å². The second kappa shape index (κ2) is 7.51. The number of aryl methyl sites for hydroxylation is 1. The number of hydrogen-bond donors (Lipinski definition) is 1. The zero-order valence-electron chi connectivity index (χ0n) is 14.0. The Morgan fingerprint density at radius 1 is 1.25 bits per heavy atom. The summed E-state index contributed by atoms with van der Waals surface area (Å²) in [5.74, 6) is 0.420. The lowest BCUT2D eigenvalue weighted by Gasteiger charge is -2.22. The average molecular weight is 329 g/mol. The van der Waals surface area contributed by atoms with Crippen LogP contribution in [0.15, 0.2) is 33.5 Å². The molecule has 0 unspecified atom stereocenters. The van der Waals surface area contributed by atoms with Gasteiger partial charge in [0, 0.05) is 23.6 Å². The van der Waals surface area contributed by atoms with E-state index in [1.54, 1.807) is 12.1 Å². The molecule has 5 heteroatoms. The maximum Gasteiger partial charge on any atom is 0.336 e. The van der Waals surface area contributed by atoms with Crippen LogP contribution in [0.3, 0.4) is 0 Å². The minimum Gasteiger partial charge on any atom is -0.484 e. The topological polar surface area (TPSA) is 68.5 Å². The van der Waals surface area contributed by atoms with Crippen LogP contribution in [0.2, 0.25) is 0 Å². The van der Waals surface area contributed by atoms with E-state index in [4.69, 9.17) is 9.15 Å². The number of ether oxygens (including phenoxy) is 1. The van der Waals surface area contributed by atoms with Gasteiger partial charge in [0.2, 0.25) is 0 Å². The van der Waals surface area contributed by atoms with Gasteiger partial charge in [-0.15, -0.1) is 0 Å². The summed E-state index contributed by atoms with van der Waals surface area (Å²) in [6.45, 7) is 1.97. The van der Waals surface area contributed by atoms with Gasteiger partial charge >= 0.3 is 5.63 Å². The molecule has 1 aliphatic rings. The SMILES string of the molecule is CCc1cc(=O)oc2cc(OCC(=O)NC3CCCCC3)ccc12. The molecule has 1 aliphatic carbocycles. The van der Waals surface area contributed by atoms with E-state index >= 15 is 0 Å². The molecule has 24 heavy (non-hydrogen) atoms. The molecule has 0 saturated heterocycles. The molecule has 0 aliphatic heterocycles. The van der Waals surface area contributed by atoms with Crippen molar-refractivity contribution in [2.24, 2.45) is 0 Å². The van der Waals surface area contributed by atoms with Crippen molar-refractivity contribution in [1.82, 2.24) is 5.32 Å². The first-order valence-electron chi connectivity index (χ1n) is 8.64. The summed E-state index contributed by atoms with van der Waals surface area (Å²) < 4.78 is 10.8. The molecule has 1 heterocycles. The summed E-state index contributed by atoms with van der Waals surface area (Å²) >= 11 is 0. The number of carbonyl (C=O) groups excluding carboxylic acids is 1. The highest BCUT2D eigenvalue weighted by atomic mass is 16.5. The van der Waals surface area contributed by atoms with Crippen LogP contribution in [-0.4, -0.2) is 18.6 Å². The largest absolute Gasteiger partial charge is 0.484 e. The van der Waals surface area contributed by atoms with E-state index in [1.807, 2.05) is 13.0 Å². The molecule has 0 atom stereocenters. The Hall–Kier alpha value is -2.30. The van der Waals surface area contributed by atoms with Crippen LogP contribution in [0.25, 0.3) is 11.0 Å². The molecule has 1 N–H and O–H groups in total. The third kappa shape index (κ3) is 3.96. The molecule has 0 radical (unpaired) electrons. The van der Waals surface area contributed by atoms with Gasteiger partial charge < -0.3 is 14.5 Å². The molecule has 3 rings (SSSR count). The quantitative estimate of drug-likeness (QED) is 0.856. The average Bonchev–Trinajstić information content (AvgIpc) is 2.59. The first-order valence-corrected chi connectivity index (χ1v) is 8.64. The number of rotatable bonds is 5. The number of fused-ring (bicyclic) bond motifs is 1. The molecule has 0 spiro atoms. The normalized spacial score (nSPS) is 15.4. The maximum absolute atomic E-state index is 12.0. The lowest BCUT2D eigenvalue weighted by Crippen LogP contribution is -2.38. The Kier molecular flexibility index (Phi) is 5.18. The number of carbonyl (C=O) groups is 1. The second-order valence-corrected chi connectivity index (χ2v) is 6.29. The van der Waals surface area contributed by atoms with Crippen molar-refractivity contribution in [2.75, 3.05) is 6.61 Å². The molecule has 1 fully saturated rings. The zero-order chi connectivity index (χ0) is 16.9. The molecule has 1 saturated carbocycles. The summed E-state index contributed by atoms with van der Waals surface area (Å²) in [6.07, 6.45) is 6.46. The molecule has 1 aromatic heterocycles. The third-order valence-corrected chi connectivity index (χ3v) is 4.52. The van der Waals surface area contributed by atoms with Gasteiger partial charge in [-0.25, -0.2) is 4.79 Å². The Balaban J connectivity index is 1.64. The van der Waals surface area contributed by atoms with Gasteiger partial charge in [-0.1, -0.05) is 26.2 Å². The summed E-state index contributed by atoms with van der Waals surface area (Å²) in [5, 5.41) is 3.92. The van der Waals surface area contributed by atoms with Crippen molar-refractivity contribution in [3.63, 3.8) is 0 Å². The fourth-order valence-corrected chi connectivity index (χ4v) is 3.26. The van der Waals surface area contributed by atoms with Crippen molar-refractivity contribution in [3.05, 3.63) is 40.2 Å². The highest BCUT2D eigenvalue weighted by Crippen LogP contribution is 2.23. The fraction of sp³-hybridized carbons (Fsp3) is 0.474. The second-order valence-electron chi connectivity index (χ2n) is 6.29. The number of benzene rings is 1. The molecule has 5 nitrogen and oxygen atoms in total. The number of amides is 1. The minimum atomic E-state index is -0.369. The highest BCUT2D eigenvalue weighted by molar-refractivity contribution is 5.82. The highest BCUT2D eigenvalue weighted by Gasteiger charge is 2.16. The predicted molar refractivity (Wildman–Crippen MR) is 92.4 cm³/mol. The maximum atomic E-state index is 12.0. The Morgan fingerprint density at radius 3 is 2.79 bits per heavy atom. The van der Waals surface area contributed by atoms with Gasteiger partial charge in [0.05, 0.1) is 0 Å². The Bertz CT molecular complexity index is 775. The van der Waals surface area contributed by atoms with Gasteiger partial charge in [-0.3, -0.25) is 4.79 Å². The van der Waals surface area contributed by atoms with Crippen LogP contribution in [0.1, 0.15) is 44.6 Å². The minimum absolute atomic E-state index is 0.0281. The van der Waals surface area contributed by atoms with Crippen molar-refractivity contribution in [3.8, 4) is 5.75 Å². The van der Waals surface area contributed by atoms with Crippen molar-refractivity contribution in [2.45, 2.75) is 51.5 Å². The molecule has 128 valence electrons. The Labute approximate surface area is 141 Å². The van der Waals surface area contributed by atoms with Crippen LogP contribution in [-0.2, 0) is 11.2 Å². The molecular formula is C19H23NO4. The summed E-state index contributed by atoms with van der Waals surface area (Å²) in [5.41, 5.74) is 1.07.